The van der Waals surface area contributed by atoms with Gasteiger partial charge in [-0.1, -0.05) is 0 Å². The van der Waals surface area contributed by atoms with Crippen LogP contribution in [0, 0.1) is 11.8 Å². The van der Waals surface area contributed by atoms with Crippen molar-refractivity contribution in [2.75, 3.05) is 32.9 Å². The maximum Gasteiger partial charge on any atom is 0.310 e. The first-order valence-electron chi connectivity index (χ1n) is 5.81. The summed E-state index contributed by atoms with van der Waals surface area (Å²) in [5.41, 5.74) is 0. The molecule has 0 bridgehead atoms. The molecule has 0 radical (unpaired) electrons. The summed E-state index contributed by atoms with van der Waals surface area (Å²) in [5, 5.41) is 3.22. The van der Waals surface area contributed by atoms with Gasteiger partial charge in [0.1, 0.15) is 0 Å². The van der Waals surface area contributed by atoms with Gasteiger partial charge in [0.05, 0.1) is 19.1 Å². The largest absolute Gasteiger partial charge is 0.465 e. The highest BCUT2D eigenvalue weighted by Gasteiger charge is 2.24. The molecule has 0 aromatic heterocycles. The Labute approximate surface area is 90.3 Å². The van der Waals surface area contributed by atoms with E-state index in [2.05, 4.69) is 5.32 Å². The lowest BCUT2D eigenvalue weighted by atomic mass is 10.00. The highest BCUT2D eigenvalue weighted by molar-refractivity contribution is 5.72. The molecule has 2 aliphatic heterocycles. The van der Waals surface area contributed by atoms with Crippen LogP contribution in [0.5, 0.6) is 0 Å². The van der Waals surface area contributed by atoms with Crippen LogP contribution in [0.3, 0.4) is 0 Å². The first kappa shape index (κ1) is 10.9. The van der Waals surface area contributed by atoms with Gasteiger partial charge in [0.25, 0.3) is 0 Å². The molecule has 0 aromatic carbocycles. The smallest absolute Gasteiger partial charge is 0.310 e. The molecule has 0 aromatic rings. The van der Waals surface area contributed by atoms with Crippen molar-refractivity contribution in [2.24, 2.45) is 11.8 Å². The van der Waals surface area contributed by atoms with Gasteiger partial charge < -0.3 is 14.8 Å². The highest BCUT2D eigenvalue weighted by atomic mass is 16.5. The first-order valence-corrected chi connectivity index (χ1v) is 5.81. The molecule has 2 fully saturated rings. The number of carbonyl (C=O) groups excluding carboxylic acids is 1. The zero-order valence-electron chi connectivity index (χ0n) is 9.04. The third kappa shape index (κ3) is 3.18. The minimum atomic E-state index is -0.0332. The Bertz CT molecular complexity index is 208. The lowest BCUT2D eigenvalue weighted by Crippen LogP contribution is -2.35. The normalized spacial score (nSPS) is 31.5. The monoisotopic (exact) mass is 213 g/mol. The molecule has 86 valence electrons. The van der Waals surface area contributed by atoms with Crippen LogP contribution in [-0.4, -0.2) is 38.9 Å². The second-order valence-corrected chi connectivity index (χ2v) is 4.40. The summed E-state index contributed by atoms with van der Waals surface area (Å²) >= 11 is 0. The number of nitrogens with one attached hydrogen (secondary N) is 1. The topological polar surface area (TPSA) is 47.6 Å². The number of esters is 1. The molecular weight excluding hydrogens is 194 g/mol. The zero-order valence-corrected chi connectivity index (χ0v) is 9.04. The van der Waals surface area contributed by atoms with Crippen molar-refractivity contribution in [3.05, 3.63) is 0 Å². The Balaban J connectivity index is 1.66. The van der Waals surface area contributed by atoms with E-state index in [0.29, 0.717) is 12.5 Å². The fourth-order valence-electron chi connectivity index (χ4n) is 2.09. The van der Waals surface area contributed by atoms with Crippen LogP contribution in [0.25, 0.3) is 0 Å². The van der Waals surface area contributed by atoms with Crippen molar-refractivity contribution in [3.8, 4) is 0 Å². The third-order valence-electron chi connectivity index (χ3n) is 3.12. The SMILES string of the molecule is O=C(OCC1CCOC1)C1CCCNC1. The van der Waals surface area contributed by atoms with Crippen LogP contribution >= 0.6 is 0 Å². The van der Waals surface area contributed by atoms with Gasteiger partial charge in [0, 0.05) is 19.1 Å². The van der Waals surface area contributed by atoms with Crippen molar-refractivity contribution in [1.29, 1.82) is 0 Å². The summed E-state index contributed by atoms with van der Waals surface area (Å²) in [5.74, 6) is 0.459. The summed E-state index contributed by atoms with van der Waals surface area (Å²) in [6.45, 7) is 3.90. The fourth-order valence-corrected chi connectivity index (χ4v) is 2.09. The van der Waals surface area contributed by atoms with Crippen LogP contribution < -0.4 is 5.32 Å². The Kier molecular flexibility index (Phi) is 3.97. The first-order chi connectivity index (χ1) is 7.36. The maximum absolute atomic E-state index is 11.7. The van der Waals surface area contributed by atoms with E-state index in [0.717, 1.165) is 45.6 Å². The molecule has 0 saturated carbocycles. The van der Waals surface area contributed by atoms with Gasteiger partial charge in [-0.2, -0.15) is 0 Å². The van der Waals surface area contributed by atoms with Gasteiger partial charge in [0.15, 0.2) is 0 Å². The summed E-state index contributed by atoms with van der Waals surface area (Å²) in [6, 6.07) is 0. The van der Waals surface area contributed by atoms with Gasteiger partial charge in [-0.25, -0.2) is 0 Å². The van der Waals surface area contributed by atoms with Crippen LogP contribution in [0.2, 0.25) is 0 Å². The molecule has 2 heterocycles. The number of piperidine rings is 1. The minimum Gasteiger partial charge on any atom is -0.465 e. The van der Waals surface area contributed by atoms with Gasteiger partial charge >= 0.3 is 5.97 Å². The zero-order chi connectivity index (χ0) is 10.5. The number of carbonyl (C=O) groups is 1. The van der Waals surface area contributed by atoms with E-state index in [1.165, 1.54) is 0 Å². The predicted molar refractivity (Wildman–Crippen MR) is 55.5 cm³/mol. The quantitative estimate of drug-likeness (QED) is 0.696. The van der Waals surface area contributed by atoms with E-state index in [4.69, 9.17) is 9.47 Å². The second kappa shape index (κ2) is 5.47. The molecule has 1 N–H and O–H groups in total. The van der Waals surface area contributed by atoms with E-state index in [-0.39, 0.29) is 11.9 Å². The Morgan fingerprint density at radius 3 is 3.07 bits per heavy atom. The molecule has 0 spiro atoms. The Morgan fingerprint density at radius 2 is 2.40 bits per heavy atom. The van der Waals surface area contributed by atoms with Crippen molar-refractivity contribution >= 4 is 5.97 Å². The molecule has 2 rings (SSSR count). The highest BCUT2D eigenvalue weighted by Crippen LogP contribution is 2.15. The molecule has 2 unspecified atom stereocenters. The fraction of sp³-hybridized carbons (Fsp3) is 0.909. The Hall–Kier alpha value is -0.610. The number of hydrogen-bond acceptors (Lipinski definition) is 4. The Morgan fingerprint density at radius 1 is 1.47 bits per heavy atom. The second-order valence-electron chi connectivity index (χ2n) is 4.40. The van der Waals surface area contributed by atoms with Gasteiger partial charge in [0.2, 0.25) is 0 Å². The van der Waals surface area contributed by atoms with Crippen molar-refractivity contribution < 1.29 is 14.3 Å². The lowest BCUT2D eigenvalue weighted by Gasteiger charge is -2.21. The van der Waals surface area contributed by atoms with Gasteiger partial charge in [-0.15, -0.1) is 0 Å². The summed E-state index contributed by atoms with van der Waals surface area (Å²) < 4.78 is 10.5. The number of rotatable bonds is 3. The molecule has 0 amide bonds. The van der Waals surface area contributed by atoms with E-state index in [1.807, 2.05) is 0 Å². The van der Waals surface area contributed by atoms with Gasteiger partial charge in [-0.3, -0.25) is 4.79 Å². The van der Waals surface area contributed by atoms with Crippen molar-refractivity contribution in [1.82, 2.24) is 5.32 Å². The summed E-state index contributed by atoms with van der Waals surface area (Å²) in [6.07, 6.45) is 3.06. The standard InChI is InChI=1S/C11H19NO3/c13-11(10-2-1-4-12-6-10)15-8-9-3-5-14-7-9/h9-10,12H,1-8H2. The molecule has 2 aliphatic rings. The van der Waals surface area contributed by atoms with Crippen molar-refractivity contribution in [2.45, 2.75) is 19.3 Å². The number of hydrogen-bond donors (Lipinski definition) is 1. The van der Waals surface area contributed by atoms with E-state index < -0.39 is 0 Å². The van der Waals surface area contributed by atoms with Crippen molar-refractivity contribution in [3.63, 3.8) is 0 Å². The lowest BCUT2D eigenvalue weighted by molar-refractivity contribution is -0.150. The molecule has 2 atom stereocenters. The molecule has 4 nitrogen and oxygen atoms in total. The predicted octanol–water partition coefficient (Wildman–Crippen LogP) is 0.566. The number of ether oxygens (including phenoxy) is 2. The van der Waals surface area contributed by atoms with Crippen LogP contribution in [0.15, 0.2) is 0 Å². The van der Waals surface area contributed by atoms with Crippen LogP contribution in [-0.2, 0) is 14.3 Å². The third-order valence-corrected chi connectivity index (χ3v) is 3.12. The van der Waals surface area contributed by atoms with E-state index >= 15 is 0 Å². The van der Waals surface area contributed by atoms with Gasteiger partial charge in [-0.05, 0) is 25.8 Å². The van der Waals surface area contributed by atoms with Crippen LogP contribution in [0.4, 0.5) is 0 Å². The van der Waals surface area contributed by atoms with E-state index in [1.54, 1.807) is 0 Å². The average Bonchev–Trinajstić information content (AvgIpc) is 2.80. The maximum atomic E-state index is 11.7. The minimum absolute atomic E-state index is 0.0332. The molecule has 0 aliphatic carbocycles. The molecule has 2 saturated heterocycles. The molecule has 4 heteroatoms. The van der Waals surface area contributed by atoms with Crippen LogP contribution in [0.1, 0.15) is 19.3 Å². The van der Waals surface area contributed by atoms with E-state index in [9.17, 15) is 4.79 Å². The summed E-state index contributed by atoms with van der Waals surface area (Å²) in [4.78, 5) is 11.7. The molecular formula is C11H19NO3. The summed E-state index contributed by atoms with van der Waals surface area (Å²) in [7, 11) is 0. The molecule has 15 heavy (non-hydrogen) atoms. The average molecular weight is 213 g/mol.